The molecule has 0 aliphatic heterocycles. The van der Waals surface area contributed by atoms with E-state index in [0.29, 0.717) is 11.7 Å². The number of nitrogens with one attached hydrogen (secondary N) is 1. The molecule has 26 heavy (non-hydrogen) atoms. The van der Waals surface area contributed by atoms with Gasteiger partial charge < -0.3 is 5.32 Å². The fraction of sp³-hybridized carbons (Fsp3) is 0.300. The molecule has 1 N–H and O–H groups in total. The number of nitrogens with zero attached hydrogens (tertiary/aromatic N) is 4. The van der Waals surface area contributed by atoms with Gasteiger partial charge in [0.2, 0.25) is 11.7 Å². The third-order valence-electron chi connectivity index (χ3n) is 4.32. The molecule has 3 aromatic rings. The first-order chi connectivity index (χ1) is 12.5. The maximum Gasteiger partial charge on any atom is 0.248 e. The van der Waals surface area contributed by atoms with Crippen molar-refractivity contribution < 1.29 is 4.79 Å². The number of amides is 1. The molecule has 0 saturated carbocycles. The summed E-state index contributed by atoms with van der Waals surface area (Å²) in [5.41, 5.74) is 5.01. The van der Waals surface area contributed by atoms with Crippen LogP contribution in [0.1, 0.15) is 36.5 Å². The second kappa shape index (κ2) is 7.47. The van der Waals surface area contributed by atoms with Crippen LogP contribution in [0.4, 0.5) is 5.69 Å². The Kier molecular flexibility index (Phi) is 5.11. The van der Waals surface area contributed by atoms with Gasteiger partial charge in [-0.25, -0.2) is 0 Å². The average molecular weight is 349 g/mol. The zero-order valence-corrected chi connectivity index (χ0v) is 15.5. The molecule has 0 unspecified atom stereocenters. The Morgan fingerprint density at radius 1 is 1.08 bits per heavy atom. The van der Waals surface area contributed by atoms with Gasteiger partial charge in [-0.05, 0) is 41.7 Å². The molecule has 2 aromatic carbocycles. The lowest BCUT2D eigenvalue weighted by Gasteiger charge is -2.16. The monoisotopic (exact) mass is 349 g/mol. The lowest BCUT2D eigenvalue weighted by molar-refractivity contribution is -0.117. The Morgan fingerprint density at radius 3 is 2.54 bits per heavy atom. The molecular weight excluding hydrogens is 326 g/mol. The minimum atomic E-state index is -0.171. The van der Waals surface area contributed by atoms with Gasteiger partial charge in [0, 0.05) is 11.3 Å². The van der Waals surface area contributed by atoms with E-state index in [2.05, 4.69) is 34.6 Å². The van der Waals surface area contributed by atoms with E-state index in [0.717, 1.165) is 27.9 Å². The van der Waals surface area contributed by atoms with Gasteiger partial charge in [0.15, 0.2) is 0 Å². The van der Waals surface area contributed by atoms with Crippen molar-refractivity contribution in [3.05, 3.63) is 59.2 Å². The lowest BCUT2D eigenvalue weighted by Crippen LogP contribution is -2.22. The van der Waals surface area contributed by atoms with Gasteiger partial charge >= 0.3 is 0 Å². The number of aryl methyl sites for hydroxylation is 2. The zero-order valence-electron chi connectivity index (χ0n) is 15.5. The smallest absolute Gasteiger partial charge is 0.248 e. The van der Waals surface area contributed by atoms with E-state index in [9.17, 15) is 4.79 Å². The van der Waals surface area contributed by atoms with Crippen molar-refractivity contribution in [3.63, 3.8) is 0 Å². The van der Waals surface area contributed by atoms with Crippen LogP contribution < -0.4 is 5.32 Å². The Hall–Kier alpha value is -3.02. The van der Waals surface area contributed by atoms with E-state index in [1.165, 1.54) is 4.80 Å². The van der Waals surface area contributed by atoms with E-state index in [1.807, 2.05) is 56.3 Å². The number of aromatic nitrogens is 4. The van der Waals surface area contributed by atoms with Crippen molar-refractivity contribution in [1.29, 1.82) is 0 Å². The molecule has 0 atom stereocenters. The van der Waals surface area contributed by atoms with E-state index in [-0.39, 0.29) is 12.5 Å². The largest absolute Gasteiger partial charge is 0.324 e. The molecule has 0 fully saturated rings. The number of carbonyl (C=O) groups excluding carboxylic acids is 1. The summed E-state index contributed by atoms with van der Waals surface area (Å²) in [6.45, 7) is 8.22. The molecule has 6 heteroatoms. The summed E-state index contributed by atoms with van der Waals surface area (Å²) in [4.78, 5) is 13.8. The van der Waals surface area contributed by atoms with Gasteiger partial charge in [-0.15, -0.1) is 10.2 Å². The van der Waals surface area contributed by atoms with Gasteiger partial charge in [0.25, 0.3) is 0 Å². The SMILES string of the molecule is Cc1ccccc1-c1nnn(CC(=O)Nc2c(C)cccc2C(C)C)n1. The first kappa shape index (κ1) is 17.8. The second-order valence-electron chi connectivity index (χ2n) is 6.70. The van der Waals surface area contributed by atoms with Gasteiger partial charge in [0.05, 0.1) is 0 Å². The Bertz CT molecular complexity index is 929. The first-order valence-corrected chi connectivity index (χ1v) is 8.69. The summed E-state index contributed by atoms with van der Waals surface area (Å²) < 4.78 is 0. The third-order valence-corrected chi connectivity index (χ3v) is 4.32. The maximum atomic E-state index is 12.5. The molecule has 0 spiro atoms. The molecule has 1 aromatic heterocycles. The molecule has 1 amide bonds. The summed E-state index contributed by atoms with van der Waals surface area (Å²) in [6, 6.07) is 13.9. The number of hydrogen-bond donors (Lipinski definition) is 1. The third kappa shape index (κ3) is 3.79. The summed E-state index contributed by atoms with van der Waals surface area (Å²) >= 11 is 0. The molecule has 1 heterocycles. The number of anilines is 1. The van der Waals surface area contributed by atoms with E-state index < -0.39 is 0 Å². The molecule has 6 nitrogen and oxygen atoms in total. The van der Waals surface area contributed by atoms with Crippen LogP contribution in [0.5, 0.6) is 0 Å². The van der Waals surface area contributed by atoms with Crippen molar-refractivity contribution in [2.24, 2.45) is 0 Å². The summed E-state index contributed by atoms with van der Waals surface area (Å²) in [6.07, 6.45) is 0. The predicted molar refractivity (Wildman–Crippen MR) is 102 cm³/mol. The Labute approximate surface area is 153 Å². The maximum absolute atomic E-state index is 12.5. The highest BCUT2D eigenvalue weighted by Crippen LogP contribution is 2.27. The van der Waals surface area contributed by atoms with Gasteiger partial charge in [-0.3, -0.25) is 4.79 Å². The summed E-state index contributed by atoms with van der Waals surface area (Å²) in [5.74, 6) is 0.673. The summed E-state index contributed by atoms with van der Waals surface area (Å²) in [5, 5.41) is 15.4. The fourth-order valence-corrected chi connectivity index (χ4v) is 2.89. The van der Waals surface area contributed by atoms with Crippen molar-refractivity contribution in [1.82, 2.24) is 20.2 Å². The van der Waals surface area contributed by atoms with Gasteiger partial charge in [0.1, 0.15) is 6.54 Å². The van der Waals surface area contributed by atoms with Crippen LogP contribution in [0.15, 0.2) is 42.5 Å². The van der Waals surface area contributed by atoms with Crippen LogP contribution in [-0.4, -0.2) is 26.1 Å². The quantitative estimate of drug-likeness (QED) is 0.762. The lowest BCUT2D eigenvalue weighted by atomic mass is 9.98. The van der Waals surface area contributed by atoms with Crippen LogP contribution >= 0.6 is 0 Å². The molecule has 134 valence electrons. The van der Waals surface area contributed by atoms with Crippen LogP contribution in [-0.2, 0) is 11.3 Å². The van der Waals surface area contributed by atoms with Crippen molar-refractivity contribution in [2.45, 2.75) is 40.2 Å². The Balaban J connectivity index is 1.75. The van der Waals surface area contributed by atoms with Crippen LogP contribution in [0.25, 0.3) is 11.4 Å². The second-order valence-corrected chi connectivity index (χ2v) is 6.70. The highest BCUT2D eigenvalue weighted by Gasteiger charge is 2.14. The van der Waals surface area contributed by atoms with Crippen molar-refractivity contribution >= 4 is 11.6 Å². The first-order valence-electron chi connectivity index (χ1n) is 8.69. The van der Waals surface area contributed by atoms with Crippen LogP contribution in [0.2, 0.25) is 0 Å². The highest BCUT2D eigenvalue weighted by atomic mass is 16.2. The predicted octanol–water partition coefficient (Wildman–Crippen LogP) is 3.72. The molecular formula is C20H23N5O. The average Bonchev–Trinajstić information content (AvgIpc) is 3.05. The van der Waals surface area contributed by atoms with Crippen molar-refractivity contribution in [3.8, 4) is 11.4 Å². The standard InChI is InChI=1S/C20H23N5O/c1-13(2)16-11-7-9-15(4)19(16)21-18(26)12-25-23-20(22-24-25)17-10-6-5-8-14(17)3/h5-11,13H,12H2,1-4H3,(H,21,26). The van der Waals surface area contributed by atoms with E-state index in [4.69, 9.17) is 0 Å². The van der Waals surface area contributed by atoms with Crippen LogP contribution in [0.3, 0.4) is 0 Å². The number of carbonyl (C=O) groups is 1. The molecule has 0 radical (unpaired) electrons. The minimum Gasteiger partial charge on any atom is -0.324 e. The number of rotatable bonds is 5. The molecule has 0 aliphatic carbocycles. The molecule has 0 bridgehead atoms. The highest BCUT2D eigenvalue weighted by molar-refractivity contribution is 5.92. The van der Waals surface area contributed by atoms with Gasteiger partial charge in [-0.2, -0.15) is 4.80 Å². The van der Waals surface area contributed by atoms with Crippen LogP contribution in [0, 0.1) is 13.8 Å². The normalized spacial score (nSPS) is 11.0. The number of benzene rings is 2. The topological polar surface area (TPSA) is 72.7 Å². The zero-order chi connectivity index (χ0) is 18.7. The summed E-state index contributed by atoms with van der Waals surface area (Å²) in [7, 11) is 0. The van der Waals surface area contributed by atoms with E-state index >= 15 is 0 Å². The van der Waals surface area contributed by atoms with Crippen molar-refractivity contribution in [2.75, 3.05) is 5.32 Å². The number of para-hydroxylation sites is 1. The molecule has 3 rings (SSSR count). The van der Waals surface area contributed by atoms with E-state index in [1.54, 1.807) is 0 Å². The minimum absolute atomic E-state index is 0.0186. The van der Waals surface area contributed by atoms with Gasteiger partial charge in [-0.1, -0.05) is 56.3 Å². The number of hydrogen-bond acceptors (Lipinski definition) is 4. The molecule has 0 aliphatic rings. The molecule has 0 saturated heterocycles. The number of tetrazole rings is 1. The fourth-order valence-electron chi connectivity index (χ4n) is 2.89. The Morgan fingerprint density at radius 2 is 1.81 bits per heavy atom.